The molecule has 0 radical (unpaired) electrons. The normalized spacial score (nSPS) is 18.9. The van der Waals surface area contributed by atoms with Gasteiger partial charge in [-0.3, -0.25) is 0 Å². The second-order valence-electron chi connectivity index (χ2n) is 4.62. The van der Waals surface area contributed by atoms with Gasteiger partial charge in [0.1, 0.15) is 0 Å². The number of methoxy groups -OCH3 is 1. The van der Waals surface area contributed by atoms with E-state index < -0.39 is 0 Å². The topological polar surface area (TPSA) is 81.4 Å². The number of aromatic nitrogens is 2. The molecule has 0 bridgehead atoms. The van der Waals surface area contributed by atoms with Crippen molar-refractivity contribution < 1.29 is 13.9 Å². The Balaban J connectivity index is 1.60. The van der Waals surface area contributed by atoms with E-state index in [0.717, 1.165) is 39.1 Å². The van der Waals surface area contributed by atoms with Gasteiger partial charge in [-0.15, -0.1) is 5.10 Å². The highest BCUT2D eigenvalue weighted by molar-refractivity contribution is 5.16. The summed E-state index contributed by atoms with van der Waals surface area (Å²) in [5, 5.41) is 14.2. The van der Waals surface area contributed by atoms with E-state index in [9.17, 15) is 0 Å². The van der Waals surface area contributed by atoms with Gasteiger partial charge < -0.3 is 24.5 Å². The predicted molar refractivity (Wildman–Crippen MR) is 69.9 cm³/mol. The molecule has 7 nitrogen and oxygen atoms in total. The van der Waals surface area contributed by atoms with Gasteiger partial charge in [0.2, 0.25) is 5.89 Å². The fourth-order valence-electron chi connectivity index (χ4n) is 1.96. The average molecular weight is 270 g/mol. The molecule has 0 amide bonds. The number of rotatable bonds is 9. The van der Waals surface area contributed by atoms with Crippen molar-refractivity contribution >= 4 is 6.01 Å². The highest BCUT2D eigenvalue weighted by atomic mass is 16.5. The Morgan fingerprint density at radius 1 is 1.37 bits per heavy atom. The van der Waals surface area contributed by atoms with Crippen LogP contribution in [0.25, 0.3) is 0 Å². The highest BCUT2D eigenvalue weighted by Gasteiger charge is 2.15. The molecule has 1 aliphatic rings. The van der Waals surface area contributed by atoms with Crippen LogP contribution in [0.3, 0.4) is 0 Å². The van der Waals surface area contributed by atoms with E-state index in [2.05, 4.69) is 20.8 Å². The Hall–Kier alpha value is -1.18. The molecular formula is C12H22N4O3. The molecule has 1 unspecified atom stereocenters. The summed E-state index contributed by atoms with van der Waals surface area (Å²) in [4.78, 5) is 0. The quantitative estimate of drug-likeness (QED) is 0.637. The fraction of sp³-hybridized carbons (Fsp3) is 0.833. The largest absolute Gasteiger partial charge is 0.407 e. The van der Waals surface area contributed by atoms with E-state index >= 15 is 0 Å². The van der Waals surface area contributed by atoms with Crippen LogP contribution < -0.4 is 10.6 Å². The van der Waals surface area contributed by atoms with Gasteiger partial charge in [-0.25, -0.2) is 0 Å². The van der Waals surface area contributed by atoms with E-state index in [4.69, 9.17) is 13.9 Å². The van der Waals surface area contributed by atoms with E-state index in [1.54, 1.807) is 7.11 Å². The van der Waals surface area contributed by atoms with Crippen LogP contribution in [0.1, 0.15) is 18.7 Å². The molecule has 0 saturated carbocycles. The van der Waals surface area contributed by atoms with E-state index in [1.165, 1.54) is 0 Å². The van der Waals surface area contributed by atoms with Crippen molar-refractivity contribution in [2.75, 3.05) is 45.3 Å². The molecule has 1 saturated heterocycles. The van der Waals surface area contributed by atoms with Crippen molar-refractivity contribution in [2.24, 2.45) is 5.92 Å². The van der Waals surface area contributed by atoms with Gasteiger partial charge >= 0.3 is 6.01 Å². The highest BCUT2D eigenvalue weighted by Crippen LogP contribution is 2.16. The Kier molecular flexibility index (Phi) is 6.06. The molecule has 1 fully saturated rings. The molecule has 7 heteroatoms. The summed E-state index contributed by atoms with van der Waals surface area (Å²) in [6.45, 7) is 4.61. The second-order valence-corrected chi connectivity index (χ2v) is 4.62. The number of nitrogens with one attached hydrogen (secondary N) is 2. The maximum atomic E-state index is 5.46. The van der Waals surface area contributed by atoms with Crippen LogP contribution in [-0.4, -0.2) is 50.2 Å². The van der Waals surface area contributed by atoms with Crippen molar-refractivity contribution in [3.05, 3.63) is 5.89 Å². The Bertz CT molecular complexity index is 352. The Morgan fingerprint density at radius 2 is 2.32 bits per heavy atom. The number of anilines is 1. The van der Waals surface area contributed by atoms with Gasteiger partial charge in [0.05, 0.1) is 13.2 Å². The lowest BCUT2D eigenvalue weighted by atomic mass is 10.1. The van der Waals surface area contributed by atoms with E-state index in [-0.39, 0.29) is 0 Å². The minimum absolute atomic E-state index is 0.488. The lowest BCUT2D eigenvalue weighted by Gasteiger charge is -2.06. The van der Waals surface area contributed by atoms with Gasteiger partial charge in [-0.05, 0) is 18.8 Å². The molecule has 1 aromatic heterocycles. The van der Waals surface area contributed by atoms with Crippen molar-refractivity contribution in [1.29, 1.82) is 0 Å². The zero-order valence-electron chi connectivity index (χ0n) is 11.4. The molecule has 19 heavy (non-hydrogen) atoms. The van der Waals surface area contributed by atoms with Gasteiger partial charge in [0.25, 0.3) is 0 Å². The maximum absolute atomic E-state index is 5.46. The summed E-state index contributed by atoms with van der Waals surface area (Å²) < 4.78 is 15.7. The van der Waals surface area contributed by atoms with Crippen LogP contribution in [0.5, 0.6) is 0 Å². The first-order valence-electron chi connectivity index (χ1n) is 6.72. The molecule has 108 valence electrons. The summed E-state index contributed by atoms with van der Waals surface area (Å²) >= 11 is 0. The smallest absolute Gasteiger partial charge is 0.315 e. The Morgan fingerprint density at radius 3 is 3.11 bits per heavy atom. The summed E-state index contributed by atoms with van der Waals surface area (Å²) in [5.41, 5.74) is 0. The van der Waals surface area contributed by atoms with Crippen LogP contribution in [0, 0.1) is 5.92 Å². The van der Waals surface area contributed by atoms with Crippen LogP contribution in [0.2, 0.25) is 0 Å². The van der Waals surface area contributed by atoms with Gasteiger partial charge in [-0.2, -0.15) is 0 Å². The summed E-state index contributed by atoms with van der Waals surface area (Å²) in [6, 6.07) is 0.488. The summed E-state index contributed by atoms with van der Waals surface area (Å²) in [6.07, 6.45) is 2.23. The molecule has 2 rings (SSSR count). The first-order valence-corrected chi connectivity index (χ1v) is 6.72. The number of nitrogens with zero attached hydrogens (tertiary/aromatic N) is 2. The molecule has 0 aliphatic carbocycles. The molecule has 2 N–H and O–H groups in total. The monoisotopic (exact) mass is 270 g/mol. The molecular weight excluding hydrogens is 248 g/mol. The molecule has 1 aliphatic heterocycles. The third kappa shape index (κ3) is 5.14. The lowest BCUT2D eigenvalue weighted by molar-refractivity contribution is 0.185. The van der Waals surface area contributed by atoms with Crippen LogP contribution >= 0.6 is 0 Å². The first kappa shape index (κ1) is 14.2. The van der Waals surface area contributed by atoms with Crippen LogP contribution in [-0.2, 0) is 16.0 Å². The maximum Gasteiger partial charge on any atom is 0.315 e. The standard InChI is InChI=1S/C12H22N4O3/c1-17-7-5-13-8-11-15-16-12(19-11)14-4-2-10-3-6-18-9-10/h10,13H,2-9H2,1H3,(H,14,16). The molecule has 0 spiro atoms. The van der Waals surface area contributed by atoms with E-state index in [0.29, 0.717) is 31.0 Å². The number of hydrogen-bond acceptors (Lipinski definition) is 7. The van der Waals surface area contributed by atoms with Gasteiger partial charge in [-0.1, -0.05) is 5.10 Å². The average Bonchev–Trinajstić information content (AvgIpc) is 3.07. The first-order chi connectivity index (χ1) is 9.38. The van der Waals surface area contributed by atoms with Crippen molar-refractivity contribution in [1.82, 2.24) is 15.5 Å². The van der Waals surface area contributed by atoms with Crippen LogP contribution in [0.4, 0.5) is 6.01 Å². The Labute approximate surface area is 113 Å². The number of hydrogen-bond donors (Lipinski definition) is 2. The third-order valence-electron chi connectivity index (χ3n) is 3.08. The molecule has 2 heterocycles. The lowest BCUT2D eigenvalue weighted by Crippen LogP contribution is -2.18. The van der Waals surface area contributed by atoms with E-state index in [1.807, 2.05) is 0 Å². The minimum Gasteiger partial charge on any atom is -0.407 e. The third-order valence-corrected chi connectivity index (χ3v) is 3.08. The van der Waals surface area contributed by atoms with Gasteiger partial charge in [0, 0.05) is 33.4 Å². The van der Waals surface area contributed by atoms with Gasteiger partial charge in [0.15, 0.2) is 0 Å². The zero-order valence-corrected chi connectivity index (χ0v) is 11.4. The summed E-state index contributed by atoms with van der Waals surface area (Å²) in [5.74, 6) is 1.24. The molecule has 1 aromatic rings. The zero-order chi connectivity index (χ0) is 13.3. The van der Waals surface area contributed by atoms with Crippen molar-refractivity contribution in [3.63, 3.8) is 0 Å². The van der Waals surface area contributed by atoms with Crippen molar-refractivity contribution in [2.45, 2.75) is 19.4 Å². The molecule has 1 atom stereocenters. The summed E-state index contributed by atoms with van der Waals surface area (Å²) in [7, 11) is 1.67. The molecule has 0 aromatic carbocycles. The second kappa shape index (κ2) is 8.08. The SMILES string of the molecule is COCCNCc1nnc(NCCC2CCOC2)o1. The van der Waals surface area contributed by atoms with Crippen molar-refractivity contribution in [3.8, 4) is 0 Å². The fourth-order valence-corrected chi connectivity index (χ4v) is 1.96. The minimum atomic E-state index is 0.488. The van der Waals surface area contributed by atoms with Crippen LogP contribution in [0.15, 0.2) is 4.42 Å². The predicted octanol–water partition coefficient (Wildman–Crippen LogP) is 0.644. The number of ether oxygens (including phenoxy) is 2.